The Balaban J connectivity index is 1.32. The van der Waals surface area contributed by atoms with Gasteiger partial charge >= 0.3 is 0 Å². The minimum absolute atomic E-state index is 0.0269. The van der Waals surface area contributed by atoms with Gasteiger partial charge in [-0.1, -0.05) is 18.9 Å². The summed E-state index contributed by atoms with van der Waals surface area (Å²) in [6.45, 7) is 1.38. The van der Waals surface area contributed by atoms with Crippen molar-refractivity contribution in [2.45, 2.75) is 44.2 Å². The van der Waals surface area contributed by atoms with Crippen LogP contribution in [0.4, 0.5) is 5.69 Å². The van der Waals surface area contributed by atoms with Crippen molar-refractivity contribution >= 4 is 23.4 Å². The Labute approximate surface area is 199 Å². The van der Waals surface area contributed by atoms with Gasteiger partial charge in [-0.3, -0.25) is 19.4 Å². The van der Waals surface area contributed by atoms with E-state index in [1.807, 2.05) is 41.3 Å². The van der Waals surface area contributed by atoms with Gasteiger partial charge in [-0.15, -0.1) is 0 Å². The molecule has 178 valence electrons. The zero-order valence-corrected chi connectivity index (χ0v) is 19.5. The van der Waals surface area contributed by atoms with Crippen LogP contribution in [0.15, 0.2) is 48.8 Å². The fourth-order valence-electron chi connectivity index (χ4n) is 5.76. The van der Waals surface area contributed by atoms with Gasteiger partial charge in [0, 0.05) is 44.1 Å². The molecular formula is C26H30N4O4. The molecule has 1 saturated carbocycles. The highest BCUT2D eigenvalue weighted by atomic mass is 16.5. The molecule has 3 heterocycles. The molecule has 3 fully saturated rings. The molecule has 0 radical (unpaired) electrons. The van der Waals surface area contributed by atoms with E-state index < -0.39 is 11.5 Å². The molecule has 2 aliphatic heterocycles. The monoisotopic (exact) mass is 462 g/mol. The maximum atomic E-state index is 13.5. The lowest BCUT2D eigenvalue weighted by molar-refractivity contribution is -0.142. The van der Waals surface area contributed by atoms with Crippen LogP contribution in [0.2, 0.25) is 0 Å². The molecular weight excluding hydrogens is 432 g/mol. The summed E-state index contributed by atoms with van der Waals surface area (Å²) >= 11 is 0. The molecule has 0 N–H and O–H groups in total. The van der Waals surface area contributed by atoms with Crippen LogP contribution >= 0.6 is 0 Å². The Bertz CT molecular complexity index is 1070. The third-order valence-electron chi connectivity index (χ3n) is 7.37. The number of carbonyl (C=O) groups excluding carboxylic acids is 3. The van der Waals surface area contributed by atoms with Crippen LogP contribution in [0.3, 0.4) is 0 Å². The number of nitrogens with zero attached hydrogens (tertiary/aromatic N) is 4. The summed E-state index contributed by atoms with van der Waals surface area (Å²) in [6.07, 6.45) is 7.42. The third kappa shape index (κ3) is 4.13. The Hall–Kier alpha value is -3.42. The van der Waals surface area contributed by atoms with Crippen LogP contribution in [0, 0.1) is 5.92 Å². The van der Waals surface area contributed by atoms with Crippen molar-refractivity contribution in [1.29, 1.82) is 0 Å². The zero-order chi connectivity index (χ0) is 23.7. The van der Waals surface area contributed by atoms with Crippen molar-refractivity contribution in [3.05, 3.63) is 54.4 Å². The van der Waals surface area contributed by atoms with Crippen molar-refractivity contribution in [3.63, 3.8) is 0 Å². The number of pyridine rings is 1. The van der Waals surface area contributed by atoms with Crippen molar-refractivity contribution in [2.75, 3.05) is 31.6 Å². The van der Waals surface area contributed by atoms with E-state index in [2.05, 4.69) is 4.98 Å². The second-order valence-corrected chi connectivity index (χ2v) is 9.59. The molecule has 1 aliphatic carbocycles. The molecule has 1 unspecified atom stereocenters. The van der Waals surface area contributed by atoms with Gasteiger partial charge in [0.1, 0.15) is 12.3 Å². The molecule has 1 spiro atoms. The summed E-state index contributed by atoms with van der Waals surface area (Å²) in [6, 6.07) is 11.3. The first-order valence-electron chi connectivity index (χ1n) is 11.9. The fourth-order valence-corrected chi connectivity index (χ4v) is 5.76. The van der Waals surface area contributed by atoms with Gasteiger partial charge in [0.2, 0.25) is 17.7 Å². The Morgan fingerprint density at radius 2 is 1.88 bits per heavy atom. The number of amides is 3. The first-order valence-corrected chi connectivity index (χ1v) is 11.9. The SMILES string of the molecule is COc1ccc(N2C(=O)CN(C(=O)C3CC(=O)N(Cc4cccnc4)C3)CC23CCCC3)cc1. The predicted molar refractivity (Wildman–Crippen MR) is 126 cm³/mol. The number of aromatic nitrogens is 1. The summed E-state index contributed by atoms with van der Waals surface area (Å²) in [5.74, 6) is 0.149. The van der Waals surface area contributed by atoms with Gasteiger partial charge < -0.3 is 19.4 Å². The summed E-state index contributed by atoms with van der Waals surface area (Å²) in [5.41, 5.74) is 1.40. The van der Waals surface area contributed by atoms with Crippen LogP contribution in [0.25, 0.3) is 0 Å². The van der Waals surface area contributed by atoms with Gasteiger partial charge in [0.15, 0.2) is 0 Å². The number of carbonyl (C=O) groups is 3. The lowest BCUT2D eigenvalue weighted by Crippen LogP contribution is -2.65. The molecule has 2 aromatic rings. The van der Waals surface area contributed by atoms with Crippen LogP contribution in [-0.2, 0) is 20.9 Å². The fraction of sp³-hybridized carbons (Fsp3) is 0.462. The van der Waals surface area contributed by atoms with Gasteiger partial charge in [0.25, 0.3) is 0 Å². The molecule has 0 bridgehead atoms. The highest BCUT2D eigenvalue weighted by Crippen LogP contribution is 2.42. The van der Waals surface area contributed by atoms with Gasteiger partial charge in [-0.2, -0.15) is 0 Å². The quantitative estimate of drug-likeness (QED) is 0.682. The van der Waals surface area contributed by atoms with E-state index in [1.165, 1.54) is 0 Å². The molecule has 8 heteroatoms. The van der Waals surface area contributed by atoms with Gasteiger partial charge in [-0.05, 0) is 48.7 Å². The molecule has 5 rings (SSSR count). The number of likely N-dealkylation sites (tertiary alicyclic amines) is 1. The van der Waals surface area contributed by atoms with Gasteiger partial charge in [-0.25, -0.2) is 0 Å². The number of ether oxygens (including phenoxy) is 1. The second-order valence-electron chi connectivity index (χ2n) is 9.59. The van der Waals surface area contributed by atoms with E-state index in [0.29, 0.717) is 19.6 Å². The van der Waals surface area contributed by atoms with Crippen LogP contribution in [-0.4, -0.2) is 64.8 Å². The van der Waals surface area contributed by atoms with Crippen LogP contribution < -0.4 is 9.64 Å². The molecule has 2 saturated heterocycles. The average Bonchev–Trinajstić information content (AvgIpc) is 3.46. The lowest BCUT2D eigenvalue weighted by Gasteiger charge is -2.49. The number of methoxy groups -OCH3 is 1. The highest BCUT2D eigenvalue weighted by Gasteiger charge is 2.50. The molecule has 8 nitrogen and oxygen atoms in total. The van der Waals surface area contributed by atoms with E-state index >= 15 is 0 Å². The topological polar surface area (TPSA) is 83.0 Å². The molecule has 1 aromatic heterocycles. The van der Waals surface area contributed by atoms with E-state index in [4.69, 9.17) is 4.74 Å². The number of rotatable bonds is 5. The number of anilines is 1. The maximum absolute atomic E-state index is 13.5. The zero-order valence-electron chi connectivity index (χ0n) is 19.5. The van der Waals surface area contributed by atoms with Crippen molar-refractivity contribution in [3.8, 4) is 5.75 Å². The Morgan fingerprint density at radius 1 is 1.12 bits per heavy atom. The standard InChI is InChI=1S/C26H30N4O4/c1-34-22-8-6-21(7-9-22)30-24(32)17-29(18-26(30)10-2-3-11-26)25(33)20-13-23(31)28(16-20)15-19-5-4-12-27-14-19/h4-9,12,14,20H,2-3,10-11,13,15-18H2,1H3. The molecule has 1 atom stereocenters. The number of hydrogen-bond donors (Lipinski definition) is 0. The second kappa shape index (κ2) is 9.08. The van der Waals surface area contributed by atoms with Crippen LogP contribution in [0.1, 0.15) is 37.7 Å². The summed E-state index contributed by atoms with van der Waals surface area (Å²) in [4.78, 5) is 49.0. The minimum Gasteiger partial charge on any atom is -0.497 e. The largest absolute Gasteiger partial charge is 0.497 e. The Kier molecular flexibility index (Phi) is 5.98. The minimum atomic E-state index is -0.414. The third-order valence-corrected chi connectivity index (χ3v) is 7.37. The Morgan fingerprint density at radius 3 is 2.56 bits per heavy atom. The maximum Gasteiger partial charge on any atom is 0.247 e. The van der Waals surface area contributed by atoms with Gasteiger partial charge in [0.05, 0.1) is 18.6 Å². The predicted octanol–water partition coefficient (Wildman–Crippen LogP) is 2.63. The summed E-state index contributed by atoms with van der Waals surface area (Å²) < 4.78 is 5.27. The first kappa shape index (κ1) is 22.4. The normalized spacial score (nSPS) is 22.0. The van der Waals surface area contributed by atoms with Crippen molar-refractivity contribution in [2.24, 2.45) is 5.92 Å². The lowest BCUT2D eigenvalue weighted by atomic mass is 9.89. The van der Waals surface area contributed by atoms with E-state index in [0.717, 1.165) is 42.7 Å². The number of benzene rings is 1. The van der Waals surface area contributed by atoms with E-state index in [-0.39, 0.29) is 30.7 Å². The number of hydrogen-bond acceptors (Lipinski definition) is 5. The molecule has 3 aliphatic rings. The average molecular weight is 463 g/mol. The van der Waals surface area contributed by atoms with Crippen molar-refractivity contribution in [1.82, 2.24) is 14.8 Å². The molecule has 1 aromatic carbocycles. The van der Waals surface area contributed by atoms with Crippen molar-refractivity contribution < 1.29 is 19.1 Å². The smallest absolute Gasteiger partial charge is 0.247 e. The highest BCUT2D eigenvalue weighted by molar-refractivity contribution is 6.00. The summed E-state index contributed by atoms with van der Waals surface area (Å²) in [7, 11) is 1.62. The summed E-state index contributed by atoms with van der Waals surface area (Å²) in [5, 5.41) is 0. The first-order chi connectivity index (χ1) is 16.5. The van der Waals surface area contributed by atoms with E-state index in [9.17, 15) is 14.4 Å². The molecule has 3 amide bonds. The van der Waals surface area contributed by atoms with Crippen LogP contribution in [0.5, 0.6) is 5.75 Å². The number of piperazine rings is 1. The molecule has 34 heavy (non-hydrogen) atoms. The van der Waals surface area contributed by atoms with E-state index in [1.54, 1.807) is 29.3 Å².